The zero-order valence-electron chi connectivity index (χ0n) is 6.97. The van der Waals surface area contributed by atoms with E-state index in [0.717, 1.165) is 12.3 Å². The van der Waals surface area contributed by atoms with Gasteiger partial charge < -0.3 is 5.73 Å². The Morgan fingerprint density at radius 2 is 2.14 bits per heavy atom. The molecule has 14 heavy (non-hydrogen) atoms. The molecule has 0 fully saturated rings. The first-order valence-corrected chi connectivity index (χ1v) is 3.63. The van der Waals surface area contributed by atoms with E-state index >= 15 is 0 Å². The van der Waals surface area contributed by atoms with Crippen molar-refractivity contribution in [2.24, 2.45) is 0 Å². The topological polar surface area (TPSA) is 62.7 Å². The van der Waals surface area contributed by atoms with Crippen LogP contribution in [-0.4, -0.2) is 4.98 Å². The third-order valence-electron chi connectivity index (χ3n) is 1.53. The first-order chi connectivity index (χ1) is 6.45. The predicted molar refractivity (Wildman–Crippen MR) is 43.0 cm³/mol. The summed E-state index contributed by atoms with van der Waals surface area (Å²) in [6.45, 7) is 0. The highest BCUT2D eigenvalue weighted by molar-refractivity contribution is 5.46. The van der Waals surface area contributed by atoms with E-state index in [2.05, 4.69) is 4.98 Å². The molecule has 2 N–H and O–H groups in total. The minimum Gasteiger partial charge on any atom is -0.397 e. The Hall–Kier alpha value is -1.77. The lowest BCUT2D eigenvalue weighted by molar-refractivity contribution is -0.140. The number of nitrogens with zero attached hydrogens (tertiary/aromatic N) is 2. The van der Waals surface area contributed by atoms with Gasteiger partial charge in [-0.25, -0.2) is 4.98 Å². The van der Waals surface area contributed by atoms with Crippen LogP contribution in [0.1, 0.15) is 11.3 Å². The van der Waals surface area contributed by atoms with Crippen molar-refractivity contribution in [2.45, 2.75) is 12.6 Å². The number of alkyl halides is 3. The summed E-state index contributed by atoms with van der Waals surface area (Å²) in [7, 11) is 0. The van der Waals surface area contributed by atoms with Crippen LogP contribution in [0.3, 0.4) is 0 Å². The molecule has 1 aromatic rings. The van der Waals surface area contributed by atoms with E-state index in [1.165, 1.54) is 0 Å². The SMILES string of the molecule is N#CCc1cnc(C(F)(F)F)c(N)c1. The molecule has 1 heterocycles. The van der Waals surface area contributed by atoms with E-state index in [1.807, 2.05) is 0 Å². The van der Waals surface area contributed by atoms with Gasteiger partial charge in [-0.05, 0) is 11.6 Å². The summed E-state index contributed by atoms with van der Waals surface area (Å²) in [4.78, 5) is 3.17. The molecule has 74 valence electrons. The molecule has 0 aliphatic heterocycles. The Balaban J connectivity index is 3.09. The van der Waals surface area contributed by atoms with Gasteiger partial charge in [-0.15, -0.1) is 0 Å². The van der Waals surface area contributed by atoms with Gasteiger partial charge in [0.1, 0.15) is 0 Å². The van der Waals surface area contributed by atoms with Crippen LogP contribution >= 0.6 is 0 Å². The quantitative estimate of drug-likeness (QED) is 0.752. The Morgan fingerprint density at radius 1 is 1.50 bits per heavy atom. The van der Waals surface area contributed by atoms with Crippen molar-refractivity contribution in [2.75, 3.05) is 5.73 Å². The number of nitrogens with two attached hydrogens (primary N) is 1. The first-order valence-electron chi connectivity index (χ1n) is 3.63. The second-order valence-corrected chi connectivity index (χ2v) is 2.61. The lowest BCUT2D eigenvalue weighted by Gasteiger charge is -2.08. The highest BCUT2D eigenvalue weighted by Gasteiger charge is 2.34. The van der Waals surface area contributed by atoms with Crippen molar-refractivity contribution in [3.05, 3.63) is 23.5 Å². The highest BCUT2D eigenvalue weighted by atomic mass is 19.4. The van der Waals surface area contributed by atoms with Crippen LogP contribution in [0, 0.1) is 11.3 Å². The summed E-state index contributed by atoms with van der Waals surface area (Å²) in [5, 5.41) is 8.30. The molecular formula is C8H6F3N3. The predicted octanol–water partition coefficient (Wildman–Crippen LogP) is 1.75. The number of nitrogen functional groups attached to an aromatic ring is 1. The van der Waals surface area contributed by atoms with Gasteiger partial charge in [0.25, 0.3) is 0 Å². The van der Waals surface area contributed by atoms with Crippen molar-refractivity contribution < 1.29 is 13.2 Å². The number of pyridine rings is 1. The molecule has 0 spiro atoms. The fourth-order valence-corrected chi connectivity index (χ4v) is 0.952. The molecule has 1 rings (SSSR count). The van der Waals surface area contributed by atoms with Crippen molar-refractivity contribution in [1.82, 2.24) is 4.98 Å². The molecular weight excluding hydrogens is 195 g/mol. The molecule has 0 bridgehead atoms. The van der Waals surface area contributed by atoms with Gasteiger partial charge in [0.2, 0.25) is 0 Å². The van der Waals surface area contributed by atoms with Crippen LogP contribution in [0.4, 0.5) is 18.9 Å². The summed E-state index contributed by atoms with van der Waals surface area (Å²) in [5.41, 5.74) is 3.95. The smallest absolute Gasteiger partial charge is 0.397 e. The van der Waals surface area contributed by atoms with Gasteiger partial charge in [0.05, 0.1) is 18.2 Å². The molecule has 0 aromatic carbocycles. The molecule has 0 saturated carbocycles. The highest BCUT2D eigenvalue weighted by Crippen LogP contribution is 2.31. The summed E-state index contributed by atoms with van der Waals surface area (Å²) in [6.07, 6.45) is -3.55. The number of rotatable bonds is 1. The average molecular weight is 201 g/mol. The maximum Gasteiger partial charge on any atom is 0.435 e. The van der Waals surface area contributed by atoms with Gasteiger partial charge in [-0.1, -0.05) is 0 Å². The third-order valence-corrected chi connectivity index (χ3v) is 1.53. The number of nitriles is 1. The number of aromatic nitrogens is 1. The zero-order valence-corrected chi connectivity index (χ0v) is 6.97. The Morgan fingerprint density at radius 3 is 2.57 bits per heavy atom. The molecule has 0 amide bonds. The van der Waals surface area contributed by atoms with Crippen molar-refractivity contribution in [1.29, 1.82) is 5.26 Å². The molecule has 3 nitrogen and oxygen atoms in total. The normalized spacial score (nSPS) is 11.0. The maximum absolute atomic E-state index is 12.2. The molecule has 6 heteroatoms. The van der Waals surface area contributed by atoms with E-state index in [0.29, 0.717) is 5.56 Å². The zero-order chi connectivity index (χ0) is 10.8. The number of halogens is 3. The molecule has 0 aliphatic rings. The molecule has 0 saturated heterocycles. The van der Waals surface area contributed by atoms with E-state index in [9.17, 15) is 13.2 Å². The molecule has 0 radical (unpaired) electrons. The molecule has 0 unspecified atom stereocenters. The van der Waals surface area contributed by atoms with Crippen LogP contribution in [-0.2, 0) is 12.6 Å². The Labute approximate surface area is 78.0 Å². The van der Waals surface area contributed by atoms with Crippen LogP contribution < -0.4 is 5.73 Å². The van der Waals surface area contributed by atoms with Crippen LogP contribution in [0.5, 0.6) is 0 Å². The minimum absolute atomic E-state index is 0.00463. The standard InChI is InChI=1S/C8H6F3N3/c9-8(10,11)7-6(13)3-5(1-2-12)4-14-7/h3-4H,1,13H2. The van der Waals surface area contributed by atoms with E-state index in [1.54, 1.807) is 6.07 Å². The van der Waals surface area contributed by atoms with Crippen LogP contribution in [0.15, 0.2) is 12.3 Å². The number of hydrogen-bond donors (Lipinski definition) is 1. The molecule has 0 atom stereocenters. The summed E-state index contributed by atoms with van der Waals surface area (Å²) in [6, 6.07) is 2.90. The number of hydrogen-bond acceptors (Lipinski definition) is 3. The minimum atomic E-state index is -4.55. The second kappa shape index (κ2) is 3.54. The van der Waals surface area contributed by atoms with Gasteiger partial charge in [0, 0.05) is 6.20 Å². The second-order valence-electron chi connectivity index (χ2n) is 2.61. The van der Waals surface area contributed by atoms with Gasteiger partial charge in [-0.2, -0.15) is 18.4 Å². The lowest BCUT2D eigenvalue weighted by Crippen LogP contribution is -2.11. The average Bonchev–Trinajstić information content (AvgIpc) is 2.02. The Bertz CT molecular complexity index is 378. The lowest BCUT2D eigenvalue weighted by atomic mass is 10.2. The van der Waals surface area contributed by atoms with Gasteiger partial charge >= 0.3 is 6.18 Å². The maximum atomic E-state index is 12.2. The van der Waals surface area contributed by atoms with E-state index in [4.69, 9.17) is 11.0 Å². The molecule has 0 aliphatic carbocycles. The van der Waals surface area contributed by atoms with Gasteiger partial charge in [0.15, 0.2) is 5.69 Å². The monoisotopic (exact) mass is 201 g/mol. The summed E-state index contributed by atoms with van der Waals surface area (Å²) < 4.78 is 36.5. The largest absolute Gasteiger partial charge is 0.435 e. The summed E-state index contributed by atoms with van der Waals surface area (Å²) >= 11 is 0. The fourth-order valence-electron chi connectivity index (χ4n) is 0.952. The number of anilines is 1. The third kappa shape index (κ3) is 2.13. The van der Waals surface area contributed by atoms with E-state index in [-0.39, 0.29) is 6.42 Å². The van der Waals surface area contributed by atoms with Crippen molar-refractivity contribution >= 4 is 5.69 Å². The fraction of sp³-hybridized carbons (Fsp3) is 0.250. The van der Waals surface area contributed by atoms with Crippen molar-refractivity contribution in [3.8, 4) is 6.07 Å². The molecule has 1 aromatic heterocycles. The first kappa shape index (κ1) is 10.3. The van der Waals surface area contributed by atoms with E-state index < -0.39 is 17.6 Å². The Kier molecular flexibility index (Phi) is 2.60. The van der Waals surface area contributed by atoms with Crippen molar-refractivity contribution in [3.63, 3.8) is 0 Å². The van der Waals surface area contributed by atoms with Crippen LogP contribution in [0.25, 0.3) is 0 Å². The van der Waals surface area contributed by atoms with Crippen LogP contribution in [0.2, 0.25) is 0 Å². The van der Waals surface area contributed by atoms with Gasteiger partial charge in [-0.3, -0.25) is 0 Å². The summed E-state index contributed by atoms with van der Waals surface area (Å²) in [5.74, 6) is 0.